The van der Waals surface area contributed by atoms with E-state index in [4.69, 9.17) is 4.74 Å². The maximum Gasteiger partial charge on any atom is 0.191 e. The first-order valence-electron chi connectivity index (χ1n) is 11.4. The van der Waals surface area contributed by atoms with Gasteiger partial charge in [0.2, 0.25) is 0 Å². The van der Waals surface area contributed by atoms with E-state index < -0.39 is 0 Å². The number of methoxy groups -OCH3 is 1. The number of hydrogen-bond donors (Lipinski definition) is 2. The van der Waals surface area contributed by atoms with Gasteiger partial charge in [0.15, 0.2) is 5.96 Å². The summed E-state index contributed by atoms with van der Waals surface area (Å²) in [4.78, 5) is 6.95. The predicted octanol–water partition coefficient (Wildman–Crippen LogP) is 1.60. The van der Waals surface area contributed by atoms with Crippen molar-refractivity contribution in [2.24, 2.45) is 4.99 Å². The molecule has 8 nitrogen and oxygen atoms in total. The highest BCUT2D eigenvalue weighted by molar-refractivity contribution is 5.79. The molecule has 1 aromatic rings. The third kappa shape index (κ3) is 6.96. The van der Waals surface area contributed by atoms with E-state index in [0.717, 1.165) is 76.8 Å². The minimum absolute atomic E-state index is 0.507. The van der Waals surface area contributed by atoms with Crippen LogP contribution in [0.3, 0.4) is 0 Å². The Balaban J connectivity index is 1.33. The molecular weight excluding hydrogens is 366 g/mol. The van der Waals surface area contributed by atoms with Gasteiger partial charge in [-0.15, -0.1) is 10.2 Å². The van der Waals surface area contributed by atoms with Crippen molar-refractivity contribution in [1.29, 1.82) is 0 Å². The molecule has 0 saturated carbocycles. The zero-order chi connectivity index (χ0) is 20.3. The second kappa shape index (κ2) is 12.1. The number of piperidine rings is 1. The lowest BCUT2D eigenvalue weighted by atomic mass is 10.1. The highest BCUT2D eigenvalue weighted by atomic mass is 16.5. The summed E-state index contributed by atoms with van der Waals surface area (Å²) >= 11 is 0. The third-order valence-corrected chi connectivity index (χ3v) is 6.03. The first-order valence-corrected chi connectivity index (χ1v) is 11.4. The van der Waals surface area contributed by atoms with Gasteiger partial charge >= 0.3 is 0 Å². The van der Waals surface area contributed by atoms with Gasteiger partial charge in [0.25, 0.3) is 0 Å². The topological polar surface area (TPSA) is 79.6 Å². The molecule has 0 atom stereocenters. The molecule has 8 heteroatoms. The average Bonchev–Trinajstić information content (AvgIpc) is 2.97. The molecule has 0 unspecified atom stereocenters. The summed E-state index contributed by atoms with van der Waals surface area (Å²) in [5, 5.41) is 15.9. The number of ether oxygens (including phenoxy) is 1. The van der Waals surface area contributed by atoms with Crippen LogP contribution in [0.5, 0.6) is 0 Å². The van der Waals surface area contributed by atoms with Crippen LogP contribution in [0.4, 0.5) is 0 Å². The minimum atomic E-state index is 0.507. The van der Waals surface area contributed by atoms with E-state index in [1.165, 1.54) is 37.9 Å². The lowest BCUT2D eigenvalue weighted by Crippen LogP contribution is -2.49. The summed E-state index contributed by atoms with van der Waals surface area (Å²) in [7, 11) is 3.63. The fourth-order valence-corrected chi connectivity index (χ4v) is 4.30. The molecule has 0 amide bonds. The van der Waals surface area contributed by atoms with Crippen LogP contribution in [0.1, 0.15) is 56.6 Å². The molecule has 2 aliphatic rings. The molecule has 1 fully saturated rings. The second-order valence-electron chi connectivity index (χ2n) is 8.20. The number of hydrogen-bond acceptors (Lipinski definition) is 5. The van der Waals surface area contributed by atoms with E-state index in [1.54, 1.807) is 7.11 Å². The minimum Gasteiger partial charge on any atom is -0.385 e. The number of fused-ring (bicyclic) bond motifs is 1. The summed E-state index contributed by atoms with van der Waals surface area (Å²) in [6.07, 6.45) is 10.3. The molecule has 0 radical (unpaired) electrons. The van der Waals surface area contributed by atoms with Gasteiger partial charge < -0.3 is 24.8 Å². The summed E-state index contributed by atoms with van der Waals surface area (Å²) in [6, 6.07) is 0.507. The van der Waals surface area contributed by atoms with Crippen molar-refractivity contribution in [1.82, 2.24) is 30.3 Å². The van der Waals surface area contributed by atoms with Gasteiger partial charge in [0.05, 0.1) is 0 Å². The SMILES string of the molecule is CN=C(NCCCc1nnc2n1CCCCC2)NC1CCN(CCCOC)CC1. The predicted molar refractivity (Wildman–Crippen MR) is 116 cm³/mol. The molecule has 2 N–H and O–H groups in total. The van der Waals surface area contributed by atoms with Crippen LogP contribution in [0, 0.1) is 0 Å². The number of aryl methyl sites for hydroxylation is 2. The first-order chi connectivity index (χ1) is 14.3. The van der Waals surface area contributed by atoms with Gasteiger partial charge in [0, 0.05) is 72.4 Å². The van der Waals surface area contributed by atoms with Gasteiger partial charge in [-0.1, -0.05) is 6.42 Å². The van der Waals surface area contributed by atoms with Crippen LogP contribution in [-0.4, -0.2) is 78.6 Å². The number of guanidine groups is 1. The fraction of sp³-hybridized carbons (Fsp3) is 0.857. The van der Waals surface area contributed by atoms with Crippen molar-refractivity contribution < 1.29 is 4.74 Å². The fourth-order valence-electron chi connectivity index (χ4n) is 4.30. The Bertz CT molecular complexity index is 623. The Morgan fingerprint density at radius 2 is 2.00 bits per heavy atom. The molecule has 3 heterocycles. The van der Waals surface area contributed by atoms with Crippen LogP contribution in [-0.2, 0) is 24.1 Å². The zero-order valence-electron chi connectivity index (χ0n) is 18.3. The number of aromatic nitrogens is 3. The van der Waals surface area contributed by atoms with Gasteiger partial charge in [-0.3, -0.25) is 4.99 Å². The zero-order valence-corrected chi connectivity index (χ0v) is 18.3. The number of likely N-dealkylation sites (tertiary alicyclic amines) is 1. The number of nitrogens with one attached hydrogen (secondary N) is 2. The summed E-state index contributed by atoms with van der Waals surface area (Å²) in [5.41, 5.74) is 0. The van der Waals surface area contributed by atoms with E-state index in [-0.39, 0.29) is 0 Å². The number of aliphatic imine (C=N–C) groups is 1. The lowest BCUT2D eigenvalue weighted by Gasteiger charge is -2.33. The van der Waals surface area contributed by atoms with E-state index in [2.05, 4.69) is 35.3 Å². The Hall–Kier alpha value is -1.67. The van der Waals surface area contributed by atoms with Crippen LogP contribution in [0.25, 0.3) is 0 Å². The number of nitrogens with zero attached hydrogens (tertiary/aromatic N) is 5. The van der Waals surface area contributed by atoms with Crippen molar-refractivity contribution >= 4 is 5.96 Å². The smallest absolute Gasteiger partial charge is 0.191 e. The van der Waals surface area contributed by atoms with Crippen molar-refractivity contribution in [3.05, 3.63) is 11.6 Å². The monoisotopic (exact) mass is 405 g/mol. The highest BCUT2D eigenvalue weighted by Crippen LogP contribution is 2.15. The summed E-state index contributed by atoms with van der Waals surface area (Å²) in [5.74, 6) is 3.24. The third-order valence-electron chi connectivity index (χ3n) is 6.03. The highest BCUT2D eigenvalue weighted by Gasteiger charge is 2.19. The Labute approximate surface area is 175 Å². The first kappa shape index (κ1) is 22.0. The largest absolute Gasteiger partial charge is 0.385 e. The summed E-state index contributed by atoms with van der Waals surface area (Å²) < 4.78 is 7.50. The summed E-state index contributed by atoms with van der Waals surface area (Å²) in [6.45, 7) is 6.27. The molecule has 0 bridgehead atoms. The van der Waals surface area contributed by atoms with E-state index in [1.807, 2.05) is 7.05 Å². The quantitative estimate of drug-likeness (QED) is 0.369. The van der Waals surface area contributed by atoms with Gasteiger partial charge in [-0.05, 0) is 38.5 Å². The van der Waals surface area contributed by atoms with Gasteiger partial charge in [-0.2, -0.15) is 0 Å². The molecule has 29 heavy (non-hydrogen) atoms. The van der Waals surface area contributed by atoms with Gasteiger partial charge in [0.1, 0.15) is 11.6 Å². The Morgan fingerprint density at radius 3 is 2.79 bits per heavy atom. The molecule has 0 aromatic carbocycles. The molecule has 1 aromatic heterocycles. The van der Waals surface area contributed by atoms with Crippen LogP contribution in [0.15, 0.2) is 4.99 Å². The maximum atomic E-state index is 5.15. The van der Waals surface area contributed by atoms with E-state index >= 15 is 0 Å². The van der Waals surface area contributed by atoms with Gasteiger partial charge in [-0.25, -0.2) is 0 Å². The Morgan fingerprint density at radius 1 is 1.14 bits per heavy atom. The normalized spacial score (nSPS) is 19.0. The maximum absolute atomic E-state index is 5.15. The number of rotatable bonds is 9. The van der Waals surface area contributed by atoms with Crippen LogP contribution >= 0.6 is 0 Å². The van der Waals surface area contributed by atoms with Crippen molar-refractivity contribution in [3.63, 3.8) is 0 Å². The van der Waals surface area contributed by atoms with E-state index in [9.17, 15) is 0 Å². The second-order valence-corrected chi connectivity index (χ2v) is 8.20. The van der Waals surface area contributed by atoms with Crippen LogP contribution < -0.4 is 10.6 Å². The molecule has 2 aliphatic heterocycles. The van der Waals surface area contributed by atoms with Crippen molar-refractivity contribution in [2.45, 2.75) is 70.4 Å². The Kier molecular flexibility index (Phi) is 9.21. The van der Waals surface area contributed by atoms with Crippen molar-refractivity contribution in [2.75, 3.05) is 46.9 Å². The average molecular weight is 406 g/mol. The van der Waals surface area contributed by atoms with Crippen molar-refractivity contribution in [3.8, 4) is 0 Å². The molecular formula is C21H39N7O. The molecule has 164 valence electrons. The van der Waals surface area contributed by atoms with Crippen LogP contribution in [0.2, 0.25) is 0 Å². The molecule has 3 rings (SSSR count). The molecule has 0 aliphatic carbocycles. The standard InChI is InChI=1S/C21H39N7O/c1-22-21(24-18-10-15-27(16-11-18)13-7-17-29-2)23-12-6-9-20-26-25-19-8-4-3-5-14-28(19)20/h18H,3-17H2,1-2H3,(H2,22,23,24). The molecule has 0 spiro atoms. The lowest BCUT2D eigenvalue weighted by molar-refractivity contribution is 0.155. The molecule has 1 saturated heterocycles. The van der Waals surface area contributed by atoms with E-state index in [0.29, 0.717) is 6.04 Å².